The van der Waals surface area contributed by atoms with E-state index in [-0.39, 0.29) is 5.92 Å². The molecule has 2 heterocycles. The van der Waals surface area contributed by atoms with Gasteiger partial charge in [-0.3, -0.25) is 4.79 Å². The molecule has 1 aromatic heterocycles. The molecule has 1 aliphatic heterocycles. The predicted molar refractivity (Wildman–Crippen MR) is 61.0 cm³/mol. The number of piperidine rings is 1. The molecule has 86 valence electrons. The van der Waals surface area contributed by atoms with Crippen molar-refractivity contribution >= 4 is 5.78 Å². The van der Waals surface area contributed by atoms with Gasteiger partial charge < -0.3 is 4.90 Å². The van der Waals surface area contributed by atoms with Crippen LogP contribution in [0.25, 0.3) is 0 Å². The Kier molecular flexibility index (Phi) is 3.62. The van der Waals surface area contributed by atoms with E-state index >= 15 is 0 Å². The molecule has 1 fully saturated rings. The normalized spacial score (nSPS) is 22.3. The van der Waals surface area contributed by atoms with Crippen LogP contribution in [0, 0.1) is 5.92 Å². The zero-order valence-electron chi connectivity index (χ0n) is 9.59. The molecule has 4 nitrogen and oxygen atoms in total. The highest BCUT2D eigenvalue weighted by Gasteiger charge is 2.22. The number of aromatic nitrogens is 2. The summed E-state index contributed by atoms with van der Waals surface area (Å²) in [7, 11) is 0. The van der Waals surface area contributed by atoms with Gasteiger partial charge in [0.2, 0.25) is 0 Å². The first-order valence-electron chi connectivity index (χ1n) is 5.74. The lowest BCUT2D eigenvalue weighted by molar-refractivity contribution is -0.125. The van der Waals surface area contributed by atoms with E-state index in [1.54, 1.807) is 6.33 Å². The Hall–Kier alpha value is -1.29. The molecule has 0 spiro atoms. The number of ketones is 1. The van der Waals surface area contributed by atoms with Crippen LogP contribution in [0.15, 0.2) is 18.7 Å². The quantitative estimate of drug-likeness (QED) is 0.758. The zero-order valence-corrected chi connectivity index (χ0v) is 9.59. The van der Waals surface area contributed by atoms with Crippen molar-refractivity contribution in [3.63, 3.8) is 0 Å². The maximum absolute atomic E-state index is 11.4. The fourth-order valence-electron chi connectivity index (χ4n) is 2.04. The summed E-state index contributed by atoms with van der Waals surface area (Å²) >= 11 is 0. The molecule has 0 saturated carbocycles. The molecule has 1 unspecified atom stereocenters. The largest absolute Gasteiger partial charge is 0.302 e. The van der Waals surface area contributed by atoms with Crippen LogP contribution in [-0.2, 0) is 11.2 Å². The highest BCUT2D eigenvalue weighted by molar-refractivity contribution is 5.81. The Morgan fingerprint density at radius 2 is 2.19 bits per heavy atom. The van der Waals surface area contributed by atoms with E-state index in [0.29, 0.717) is 12.2 Å². The maximum Gasteiger partial charge on any atom is 0.138 e. The Bertz CT molecular complexity index is 353. The van der Waals surface area contributed by atoms with Gasteiger partial charge in [-0.15, -0.1) is 0 Å². The lowest BCUT2D eigenvalue weighted by Gasteiger charge is -2.29. The standard InChI is InChI=1S/C12H17N3O/c1-10-8-15(5-3-12(10)16)4-2-11-6-13-9-14-7-11/h6-7,9-10H,2-5,8H2,1H3. The number of hydrogen-bond donors (Lipinski definition) is 0. The number of Topliss-reactive ketones (excluding diaryl/α,β-unsaturated/α-hetero) is 1. The molecule has 1 aliphatic rings. The number of rotatable bonds is 3. The van der Waals surface area contributed by atoms with E-state index in [2.05, 4.69) is 14.9 Å². The number of carbonyl (C=O) groups excluding carboxylic acids is 1. The van der Waals surface area contributed by atoms with E-state index in [9.17, 15) is 4.79 Å². The fourth-order valence-corrected chi connectivity index (χ4v) is 2.04. The number of carbonyl (C=O) groups is 1. The van der Waals surface area contributed by atoms with Gasteiger partial charge in [-0.05, 0) is 12.0 Å². The molecular formula is C12H17N3O. The summed E-state index contributed by atoms with van der Waals surface area (Å²) in [6, 6.07) is 0. The monoisotopic (exact) mass is 219 g/mol. The van der Waals surface area contributed by atoms with E-state index in [4.69, 9.17) is 0 Å². The van der Waals surface area contributed by atoms with Gasteiger partial charge in [0, 0.05) is 44.4 Å². The van der Waals surface area contributed by atoms with E-state index in [0.717, 1.165) is 31.6 Å². The van der Waals surface area contributed by atoms with Crippen LogP contribution < -0.4 is 0 Å². The van der Waals surface area contributed by atoms with Crippen LogP contribution in [0.5, 0.6) is 0 Å². The van der Waals surface area contributed by atoms with Gasteiger partial charge in [0.1, 0.15) is 12.1 Å². The minimum Gasteiger partial charge on any atom is -0.302 e. The molecule has 0 aliphatic carbocycles. The summed E-state index contributed by atoms with van der Waals surface area (Å²) in [6.45, 7) is 4.80. The van der Waals surface area contributed by atoms with Crippen LogP contribution >= 0.6 is 0 Å². The first kappa shape index (κ1) is 11.2. The molecule has 0 aromatic carbocycles. The van der Waals surface area contributed by atoms with Crippen molar-refractivity contribution in [3.05, 3.63) is 24.3 Å². The van der Waals surface area contributed by atoms with Crippen LogP contribution in [0.4, 0.5) is 0 Å². The van der Waals surface area contributed by atoms with Crippen molar-refractivity contribution in [2.24, 2.45) is 5.92 Å². The maximum atomic E-state index is 11.4. The topological polar surface area (TPSA) is 46.1 Å². The van der Waals surface area contributed by atoms with Crippen LogP contribution in [0.2, 0.25) is 0 Å². The van der Waals surface area contributed by atoms with Crippen molar-refractivity contribution < 1.29 is 4.79 Å². The lowest BCUT2D eigenvalue weighted by Crippen LogP contribution is -2.40. The zero-order chi connectivity index (χ0) is 11.4. The Morgan fingerprint density at radius 3 is 2.88 bits per heavy atom. The van der Waals surface area contributed by atoms with Crippen molar-refractivity contribution in [3.8, 4) is 0 Å². The van der Waals surface area contributed by atoms with Gasteiger partial charge in [-0.2, -0.15) is 0 Å². The highest BCUT2D eigenvalue weighted by atomic mass is 16.1. The fraction of sp³-hybridized carbons (Fsp3) is 0.583. The minimum atomic E-state index is 0.195. The second-order valence-electron chi connectivity index (χ2n) is 4.41. The first-order chi connectivity index (χ1) is 7.75. The Balaban J connectivity index is 1.81. The van der Waals surface area contributed by atoms with Gasteiger partial charge in [-0.1, -0.05) is 6.92 Å². The predicted octanol–water partition coefficient (Wildman–Crippen LogP) is 0.930. The van der Waals surface area contributed by atoms with Crippen LogP contribution in [-0.4, -0.2) is 40.3 Å². The average Bonchev–Trinajstić information content (AvgIpc) is 2.32. The Labute approximate surface area is 95.7 Å². The third-order valence-electron chi connectivity index (χ3n) is 3.09. The summed E-state index contributed by atoms with van der Waals surface area (Å²) in [5.74, 6) is 0.597. The molecule has 4 heteroatoms. The van der Waals surface area contributed by atoms with Gasteiger partial charge in [-0.25, -0.2) is 9.97 Å². The van der Waals surface area contributed by atoms with Crippen LogP contribution in [0.3, 0.4) is 0 Å². The summed E-state index contributed by atoms with van der Waals surface area (Å²) < 4.78 is 0. The molecule has 1 aromatic rings. The van der Waals surface area contributed by atoms with Gasteiger partial charge in [0.15, 0.2) is 0 Å². The molecular weight excluding hydrogens is 202 g/mol. The molecule has 1 saturated heterocycles. The lowest BCUT2D eigenvalue weighted by atomic mass is 9.98. The second-order valence-corrected chi connectivity index (χ2v) is 4.41. The van der Waals surface area contributed by atoms with Gasteiger partial charge in [0.05, 0.1) is 0 Å². The molecule has 16 heavy (non-hydrogen) atoms. The number of nitrogens with zero attached hydrogens (tertiary/aromatic N) is 3. The Morgan fingerprint density at radius 1 is 1.44 bits per heavy atom. The summed E-state index contributed by atoms with van der Waals surface area (Å²) in [5, 5.41) is 0. The molecule has 0 N–H and O–H groups in total. The number of likely N-dealkylation sites (tertiary alicyclic amines) is 1. The third kappa shape index (κ3) is 2.85. The molecule has 0 amide bonds. The van der Waals surface area contributed by atoms with Crippen molar-refractivity contribution in [2.75, 3.05) is 19.6 Å². The first-order valence-corrected chi connectivity index (χ1v) is 5.74. The molecule has 0 bridgehead atoms. The summed E-state index contributed by atoms with van der Waals surface area (Å²) in [5.41, 5.74) is 1.16. The highest BCUT2D eigenvalue weighted by Crippen LogP contribution is 2.12. The SMILES string of the molecule is CC1CN(CCc2cncnc2)CCC1=O. The summed E-state index contributed by atoms with van der Waals surface area (Å²) in [4.78, 5) is 21.7. The molecule has 0 radical (unpaired) electrons. The van der Waals surface area contributed by atoms with Crippen molar-refractivity contribution in [1.82, 2.24) is 14.9 Å². The van der Waals surface area contributed by atoms with E-state index in [1.165, 1.54) is 0 Å². The summed E-state index contributed by atoms with van der Waals surface area (Å²) in [6.07, 6.45) is 6.91. The molecule has 2 rings (SSSR count). The average molecular weight is 219 g/mol. The van der Waals surface area contributed by atoms with Crippen molar-refractivity contribution in [1.29, 1.82) is 0 Å². The van der Waals surface area contributed by atoms with Gasteiger partial charge in [0.25, 0.3) is 0 Å². The number of hydrogen-bond acceptors (Lipinski definition) is 4. The smallest absolute Gasteiger partial charge is 0.138 e. The van der Waals surface area contributed by atoms with Gasteiger partial charge >= 0.3 is 0 Å². The molecule has 1 atom stereocenters. The second kappa shape index (κ2) is 5.16. The van der Waals surface area contributed by atoms with E-state index < -0.39 is 0 Å². The minimum absolute atomic E-state index is 0.195. The third-order valence-corrected chi connectivity index (χ3v) is 3.09. The van der Waals surface area contributed by atoms with E-state index in [1.807, 2.05) is 19.3 Å². The van der Waals surface area contributed by atoms with Crippen molar-refractivity contribution in [2.45, 2.75) is 19.8 Å². The van der Waals surface area contributed by atoms with Crippen LogP contribution in [0.1, 0.15) is 18.9 Å².